The van der Waals surface area contributed by atoms with Crippen LogP contribution in [0.1, 0.15) is 11.1 Å². The van der Waals surface area contributed by atoms with E-state index in [2.05, 4.69) is 22.1 Å². The fourth-order valence-electron chi connectivity index (χ4n) is 1.52. The Hall–Kier alpha value is -1.31. The van der Waals surface area contributed by atoms with Gasteiger partial charge in [-0.25, -0.2) is 4.98 Å². The predicted octanol–water partition coefficient (Wildman–Crippen LogP) is 1.47. The molecule has 0 fully saturated rings. The zero-order valence-corrected chi connectivity index (χ0v) is 5.39. The molecule has 2 bridgehead atoms. The summed E-state index contributed by atoms with van der Waals surface area (Å²) in [6.07, 6.45) is 2.88. The van der Waals surface area contributed by atoms with Crippen LogP contribution in [0, 0.1) is 0 Å². The van der Waals surface area contributed by atoms with Crippen LogP contribution in [0.15, 0.2) is 18.5 Å². The maximum absolute atomic E-state index is 4.21. The molecule has 4 rings (SSSR count). The van der Waals surface area contributed by atoms with Crippen molar-refractivity contribution in [1.29, 1.82) is 0 Å². The van der Waals surface area contributed by atoms with Gasteiger partial charge in [0.05, 0.1) is 17.4 Å². The molecule has 2 heteroatoms. The average molecular weight is 130 g/mol. The third kappa shape index (κ3) is 0.355. The lowest BCUT2D eigenvalue weighted by molar-refractivity contribution is 1.11. The van der Waals surface area contributed by atoms with E-state index < -0.39 is 0 Å². The van der Waals surface area contributed by atoms with Crippen LogP contribution in [0.25, 0.3) is 11.0 Å². The number of benzene rings is 1. The molecule has 1 aromatic carbocycles. The lowest BCUT2D eigenvalue weighted by Crippen LogP contribution is -2.01. The maximum atomic E-state index is 4.21. The zero-order valence-electron chi connectivity index (χ0n) is 5.39. The Morgan fingerprint density at radius 1 is 1.40 bits per heavy atom. The minimum Gasteiger partial charge on any atom is -0.345 e. The van der Waals surface area contributed by atoms with Gasteiger partial charge >= 0.3 is 0 Å². The first-order valence-corrected chi connectivity index (χ1v) is 3.38. The van der Waals surface area contributed by atoms with Gasteiger partial charge in [-0.2, -0.15) is 0 Å². The van der Waals surface area contributed by atoms with Crippen LogP contribution < -0.4 is 0 Å². The molecule has 0 unspecified atom stereocenters. The molecule has 10 heavy (non-hydrogen) atoms. The largest absolute Gasteiger partial charge is 0.345 e. The van der Waals surface area contributed by atoms with Gasteiger partial charge < -0.3 is 4.98 Å². The summed E-state index contributed by atoms with van der Waals surface area (Å²) in [4.78, 5) is 7.30. The van der Waals surface area contributed by atoms with Crippen LogP contribution in [0.4, 0.5) is 0 Å². The first-order valence-electron chi connectivity index (χ1n) is 3.38. The summed E-state index contributed by atoms with van der Waals surface area (Å²) in [6, 6.07) is 4.36. The molecular weight excluding hydrogens is 124 g/mol. The quantitative estimate of drug-likeness (QED) is 0.490. The highest BCUT2D eigenvalue weighted by Gasteiger charge is 2.14. The second-order valence-electron chi connectivity index (χ2n) is 2.73. The number of rotatable bonds is 0. The number of nitrogens with one attached hydrogen (secondary N) is 1. The highest BCUT2D eigenvalue weighted by Crippen LogP contribution is 2.28. The Morgan fingerprint density at radius 3 is 3.10 bits per heavy atom. The number of aromatic nitrogens is 2. The molecule has 0 amide bonds. The van der Waals surface area contributed by atoms with Crippen LogP contribution >= 0.6 is 0 Å². The van der Waals surface area contributed by atoms with Crippen LogP contribution in [0.5, 0.6) is 0 Å². The number of H-pyrrole nitrogens is 1. The molecule has 2 aromatic rings. The van der Waals surface area contributed by atoms with Gasteiger partial charge in [-0.1, -0.05) is 6.07 Å². The average Bonchev–Trinajstić information content (AvgIpc) is 2.29. The molecule has 1 aromatic heterocycles. The molecular formula is C8H6N2. The van der Waals surface area contributed by atoms with Crippen molar-refractivity contribution < 1.29 is 0 Å². The van der Waals surface area contributed by atoms with Crippen LogP contribution in [0.3, 0.4) is 0 Å². The van der Waals surface area contributed by atoms with Gasteiger partial charge in [0.2, 0.25) is 0 Å². The van der Waals surface area contributed by atoms with Crippen LogP contribution in [-0.2, 0) is 6.42 Å². The molecule has 0 spiro atoms. The van der Waals surface area contributed by atoms with E-state index in [1.165, 1.54) is 16.6 Å². The van der Waals surface area contributed by atoms with Crippen molar-refractivity contribution in [2.45, 2.75) is 6.42 Å². The van der Waals surface area contributed by atoms with Gasteiger partial charge in [0.15, 0.2) is 0 Å². The van der Waals surface area contributed by atoms with E-state index in [4.69, 9.17) is 0 Å². The lowest BCUT2D eigenvalue weighted by Gasteiger charge is -2.13. The molecule has 1 heterocycles. The maximum Gasteiger partial charge on any atom is 0.0931 e. The monoisotopic (exact) mass is 130 g/mol. The molecule has 0 aliphatic heterocycles. The van der Waals surface area contributed by atoms with Gasteiger partial charge in [0.1, 0.15) is 0 Å². The molecule has 0 saturated heterocycles. The van der Waals surface area contributed by atoms with Crippen molar-refractivity contribution >= 4 is 11.0 Å². The topological polar surface area (TPSA) is 28.7 Å². The normalized spacial score (nSPS) is 13.6. The zero-order chi connectivity index (χ0) is 6.55. The minimum atomic E-state index is 1.12. The van der Waals surface area contributed by atoms with Gasteiger partial charge in [-0.15, -0.1) is 0 Å². The van der Waals surface area contributed by atoms with E-state index in [1.807, 2.05) is 0 Å². The van der Waals surface area contributed by atoms with Gasteiger partial charge in [-0.3, -0.25) is 0 Å². The number of nitrogens with zero attached hydrogens (tertiary/aromatic N) is 1. The number of imidazole rings is 1. The Bertz CT molecular complexity index is 401. The Balaban J connectivity index is 2.66. The molecule has 0 radical (unpaired) electrons. The Morgan fingerprint density at radius 2 is 2.30 bits per heavy atom. The molecule has 0 atom stereocenters. The fraction of sp³-hybridized carbons (Fsp3) is 0.125. The standard InChI is InChI=1S/C8H6N2/c1-5-2-6(1)8-7(3-5)9-4-10-8/h1,3-4H,2H2,(H,9,10). The summed E-state index contributed by atoms with van der Waals surface area (Å²) in [7, 11) is 0. The summed E-state index contributed by atoms with van der Waals surface area (Å²) in [5, 5.41) is 0. The van der Waals surface area contributed by atoms with Crippen molar-refractivity contribution in [3.05, 3.63) is 29.6 Å². The third-order valence-corrected chi connectivity index (χ3v) is 2.06. The molecule has 2 aliphatic rings. The van der Waals surface area contributed by atoms with Crippen molar-refractivity contribution in [2.24, 2.45) is 0 Å². The Labute approximate surface area is 57.9 Å². The highest BCUT2D eigenvalue weighted by atomic mass is 14.9. The van der Waals surface area contributed by atoms with E-state index in [0.717, 1.165) is 11.9 Å². The molecule has 48 valence electrons. The molecule has 1 N–H and O–H groups in total. The summed E-state index contributed by atoms with van der Waals surface area (Å²) in [5.41, 5.74) is 5.13. The van der Waals surface area contributed by atoms with Crippen molar-refractivity contribution in [3.8, 4) is 0 Å². The summed E-state index contributed by atoms with van der Waals surface area (Å²) >= 11 is 0. The first-order chi connectivity index (χ1) is 4.93. The summed E-state index contributed by atoms with van der Waals surface area (Å²) in [5.74, 6) is 0. The third-order valence-electron chi connectivity index (χ3n) is 2.06. The first kappa shape index (κ1) is 4.50. The summed E-state index contributed by atoms with van der Waals surface area (Å²) in [6.45, 7) is 0. The Kier molecular flexibility index (Phi) is 0.556. The smallest absolute Gasteiger partial charge is 0.0931 e. The van der Waals surface area contributed by atoms with Crippen LogP contribution in [-0.4, -0.2) is 9.97 Å². The number of aromatic amines is 1. The predicted molar refractivity (Wildman–Crippen MR) is 38.9 cm³/mol. The van der Waals surface area contributed by atoms with E-state index in [9.17, 15) is 0 Å². The van der Waals surface area contributed by atoms with Crippen molar-refractivity contribution in [3.63, 3.8) is 0 Å². The lowest BCUT2D eigenvalue weighted by atomic mass is 9.92. The molecule has 2 nitrogen and oxygen atoms in total. The fourth-order valence-corrected chi connectivity index (χ4v) is 1.52. The minimum absolute atomic E-state index is 1.12. The van der Waals surface area contributed by atoms with E-state index in [0.29, 0.717) is 0 Å². The second kappa shape index (κ2) is 1.24. The van der Waals surface area contributed by atoms with Gasteiger partial charge in [0.25, 0.3) is 0 Å². The van der Waals surface area contributed by atoms with Gasteiger partial charge in [-0.05, 0) is 23.6 Å². The van der Waals surface area contributed by atoms with E-state index in [-0.39, 0.29) is 0 Å². The SMILES string of the molecule is c1nc2c3cc(cc2[nH]1)C3. The second-order valence-corrected chi connectivity index (χ2v) is 2.73. The molecule has 0 saturated carbocycles. The number of hydrogen-bond acceptors (Lipinski definition) is 1. The van der Waals surface area contributed by atoms with E-state index >= 15 is 0 Å². The van der Waals surface area contributed by atoms with Gasteiger partial charge in [0, 0.05) is 0 Å². The molecule has 2 aliphatic carbocycles. The van der Waals surface area contributed by atoms with Crippen LogP contribution in [0.2, 0.25) is 0 Å². The van der Waals surface area contributed by atoms with Crippen molar-refractivity contribution in [2.75, 3.05) is 0 Å². The summed E-state index contributed by atoms with van der Waals surface area (Å²) < 4.78 is 0. The van der Waals surface area contributed by atoms with Crippen molar-refractivity contribution in [1.82, 2.24) is 9.97 Å². The van der Waals surface area contributed by atoms with E-state index in [1.54, 1.807) is 6.33 Å². The number of hydrogen-bond donors (Lipinski definition) is 1. The highest BCUT2D eigenvalue weighted by molar-refractivity contribution is 5.82.